The second-order valence-corrected chi connectivity index (χ2v) is 5.30. The lowest BCUT2D eigenvalue weighted by Gasteiger charge is -2.37. The minimum Gasteiger partial charge on any atom is -0.465 e. The quantitative estimate of drug-likeness (QED) is 0.467. The van der Waals surface area contributed by atoms with Gasteiger partial charge in [0.2, 0.25) is 0 Å². The molecule has 0 unspecified atom stereocenters. The molecule has 1 saturated carbocycles. The molecule has 0 aliphatic heterocycles. The van der Waals surface area contributed by atoms with Gasteiger partial charge in [0.05, 0.1) is 23.0 Å². The van der Waals surface area contributed by atoms with Gasteiger partial charge >= 0.3 is 5.97 Å². The smallest absolute Gasteiger partial charge is 0.338 e. The Morgan fingerprint density at radius 1 is 1.40 bits per heavy atom. The van der Waals surface area contributed by atoms with E-state index in [1.54, 1.807) is 0 Å². The number of esters is 1. The van der Waals surface area contributed by atoms with Gasteiger partial charge in [-0.1, -0.05) is 6.42 Å². The number of fused-ring (bicyclic) bond motifs is 2. The van der Waals surface area contributed by atoms with Gasteiger partial charge in [0, 0.05) is 18.6 Å². The number of methoxy groups -OCH3 is 1. The molecule has 1 aromatic rings. The van der Waals surface area contributed by atoms with Gasteiger partial charge in [-0.2, -0.15) is 0 Å². The fraction of sp³-hybridized carbons (Fsp3) is 0.429. The van der Waals surface area contributed by atoms with Gasteiger partial charge in [-0.15, -0.1) is 0 Å². The number of Topliss-reactive ketones (excluding diaryl/α,β-unsaturated/α-hetero) is 1. The summed E-state index contributed by atoms with van der Waals surface area (Å²) >= 11 is 0. The molecule has 0 saturated heterocycles. The van der Waals surface area contributed by atoms with Gasteiger partial charge in [-0.25, -0.2) is 4.79 Å². The van der Waals surface area contributed by atoms with Crippen LogP contribution in [0, 0.1) is 10.1 Å². The van der Waals surface area contributed by atoms with Crippen LogP contribution in [0.3, 0.4) is 0 Å². The summed E-state index contributed by atoms with van der Waals surface area (Å²) in [4.78, 5) is 34.6. The molecular weight excluding hydrogens is 262 g/mol. The summed E-state index contributed by atoms with van der Waals surface area (Å²) in [6.45, 7) is 0. The highest BCUT2D eigenvalue weighted by atomic mass is 16.6. The molecule has 2 aliphatic carbocycles. The number of ketones is 1. The van der Waals surface area contributed by atoms with Gasteiger partial charge < -0.3 is 4.74 Å². The zero-order valence-electron chi connectivity index (χ0n) is 11.0. The maximum Gasteiger partial charge on any atom is 0.338 e. The van der Waals surface area contributed by atoms with E-state index in [4.69, 9.17) is 0 Å². The number of ether oxygens (including phenoxy) is 1. The molecule has 0 radical (unpaired) electrons. The molecule has 104 valence electrons. The van der Waals surface area contributed by atoms with E-state index >= 15 is 0 Å². The van der Waals surface area contributed by atoms with Crippen molar-refractivity contribution < 1.29 is 19.2 Å². The summed E-state index contributed by atoms with van der Waals surface area (Å²) in [7, 11) is 1.23. The summed E-state index contributed by atoms with van der Waals surface area (Å²) in [6.07, 6.45) is 2.51. The SMILES string of the molecule is COC(=O)c1cc([N+](=O)[O-])cc2c1CC(=O)C21CCC1. The normalized spacial score (nSPS) is 18.6. The van der Waals surface area contributed by atoms with Crippen molar-refractivity contribution in [1.29, 1.82) is 0 Å². The van der Waals surface area contributed by atoms with E-state index in [0.29, 0.717) is 24.0 Å². The molecule has 1 aromatic carbocycles. The Morgan fingerprint density at radius 2 is 2.10 bits per heavy atom. The fourth-order valence-electron chi connectivity index (χ4n) is 3.23. The van der Waals surface area contributed by atoms with Crippen molar-refractivity contribution in [3.63, 3.8) is 0 Å². The molecule has 0 N–H and O–H groups in total. The molecule has 0 atom stereocenters. The van der Waals surface area contributed by atoms with Gasteiger partial charge in [0.15, 0.2) is 0 Å². The fourth-order valence-corrected chi connectivity index (χ4v) is 3.23. The number of non-ortho nitro benzene ring substituents is 1. The Labute approximate surface area is 114 Å². The van der Waals surface area contributed by atoms with E-state index < -0.39 is 16.3 Å². The van der Waals surface area contributed by atoms with E-state index in [1.165, 1.54) is 19.2 Å². The highest BCUT2D eigenvalue weighted by Gasteiger charge is 2.52. The maximum atomic E-state index is 12.3. The predicted molar refractivity (Wildman–Crippen MR) is 68.7 cm³/mol. The van der Waals surface area contributed by atoms with E-state index in [1.807, 2.05) is 0 Å². The second kappa shape index (κ2) is 4.13. The second-order valence-electron chi connectivity index (χ2n) is 5.30. The molecule has 2 aliphatic rings. The topological polar surface area (TPSA) is 86.5 Å². The molecule has 0 heterocycles. The molecule has 6 nitrogen and oxygen atoms in total. The monoisotopic (exact) mass is 275 g/mol. The van der Waals surface area contributed by atoms with E-state index in [2.05, 4.69) is 4.74 Å². The zero-order valence-corrected chi connectivity index (χ0v) is 11.0. The Morgan fingerprint density at radius 3 is 2.60 bits per heavy atom. The van der Waals surface area contributed by atoms with Crippen LogP contribution in [0.5, 0.6) is 0 Å². The summed E-state index contributed by atoms with van der Waals surface area (Å²) in [5.41, 5.74) is 0.652. The van der Waals surface area contributed by atoms with Crippen molar-refractivity contribution >= 4 is 17.4 Å². The van der Waals surface area contributed by atoms with Crippen LogP contribution < -0.4 is 0 Å². The van der Waals surface area contributed by atoms with Gasteiger partial charge in [-0.05, 0) is 24.0 Å². The van der Waals surface area contributed by atoms with Crippen LogP contribution in [0.1, 0.15) is 40.7 Å². The molecule has 20 heavy (non-hydrogen) atoms. The van der Waals surface area contributed by atoms with Crippen LogP contribution in [0.25, 0.3) is 0 Å². The first-order valence-corrected chi connectivity index (χ1v) is 6.43. The summed E-state index contributed by atoms with van der Waals surface area (Å²) in [5.74, 6) is -0.571. The summed E-state index contributed by atoms with van der Waals surface area (Å²) in [5, 5.41) is 11.0. The number of carbonyl (C=O) groups excluding carboxylic acids is 2. The molecule has 1 spiro atoms. The van der Waals surface area contributed by atoms with Crippen LogP contribution in [0.2, 0.25) is 0 Å². The van der Waals surface area contributed by atoms with Gasteiger partial charge in [-0.3, -0.25) is 14.9 Å². The first-order chi connectivity index (χ1) is 9.49. The summed E-state index contributed by atoms with van der Waals surface area (Å²) < 4.78 is 4.68. The highest BCUT2D eigenvalue weighted by molar-refractivity contribution is 6.02. The number of nitro groups is 1. The van der Waals surface area contributed by atoms with Crippen LogP contribution in [-0.4, -0.2) is 23.8 Å². The molecule has 0 amide bonds. The Balaban J connectivity index is 2.24. The lowest BCUT2D eigenvalue weighted by molar-refractivity contribution is -0.385. The average molecular weight is 275 g/mol. The number of nitro benzene ring substituents is 1. The third kappa shape index (κ3) is 1.51. The average Bonchev–Trinajstić information content (AvgIpc) is 2.68. The van der Waals surface area contributed by atoms with Crippen molar-refractivity contribution in [3.05, 3.63) is 38.9 Å². The number of carbonyl (C=O) groups is 2. The Bertz CT molecular complexity index is 645. The minimum absolute atomic E-state index is 0.0596. The number of rotatable bonds is 2. The lowest BCUT2D eigenvalue weighted by Crippen LogP contribution is -2.39. The third-order valence-corrected chi connectivity index (χ3v) is 4.44. The molecular formula is C14H13NO5. The van der Waals surface area contributed by atoms with Gasteiger partial charge in [0.25, 0.3) is 5.69 Å². The van der Waals surface area contributed by atoms with Crippen molar-refractivity contribution in [3.8, 4) is 0 Å². The van der Waals surface area contributed by atoms with Crippen LogP contribution in [0.4, 0.5) is 5.69 Å². The standard InChI is InChI=1S/C14H13NO5/c1-20-13(17)10-5-8(15(18)19)6-11-9(10)7-12(16)14(11)3-2-4-14/h5-6H,2-4,7H2,1H3. The zero-order chi connectivity index (χ0) is 14.5. The van der Waals surface area contributed by atoms with Crippen molar-refractivity contribution in [2.24, 2.45) is 0 Å². The largest absolute Gasteiger partial charge is 0.465 e. The molecule has 0 bridgehead atoms. The molecule has 6 heteroatoms. The molecule has 3 rings (SSSR count). The number of hydrogen-bond acceptors (Lipinski definition) is 5. The Kier molecular flexibility index (Phi) is 2.64. The summed E-state index contributed by atoms with van der Waals surface area (Å²) in [6, 6.07) is 2.65. The minimum atomic E-state index is -0.630. The first-order valence-electron chi connectivity index (χ1n) is 6.43. The van der Waals surface area contributed by atoms with Crippen LogP contribution >= 0.6 is 0 Å². The Hall–Kier alpha value is -2.24. The predicted octanol–water partition coefficient (Wildman–Crippen LogP) is 1.93. The van der Waals surface area contributed by atoms with E-state index in [-0.39, 0.29) is 23.5 Å². The van der Waals surface area contributed by atoms with Crippen molar-refractivity contribution in [2.75, 3.05) is 7.11 Å². The lowest BCUT2D eigenvalue weighted by atomic mass is 9.64. The van der Waals surface area contributed by atoms with Gasteiger partial charge in [0.1, 0.15) is 5.78 Å². The van der Waals surface area contributed by atoms with Crippen molar-refractivity contribution in [1.82, 2.24) is 0 Å². The maximum absolute atomic E-state index is 12.3. The number of benzene rings is 1. The number of hydrogen-bond donors (Lipinski definition) is 0. The number of nitrogens with zero attached hydrogens (tertiary/aromatic N) is 1. The van der Waals surface area contributed by atoms with Crippen molar-refractivity contribution in [2.45, 2.75) is 31.1 Å². The first kappa shape index (κ1) is 12.8. The molecule has 1 fully saturated rings. The van der Waals surface area contributed by atoms with E-state index in [9.17, 15) is 19.7 Å². The molecule has 0 aromatic heterocycles. The third-order valence-electron chi connectivity index (χ3n) is 4.44. The highest BCUT2D eigenvalue weighted by Crippen LogP contribution is 2.52. The van der Waals surface area contributed by atoms with Crippen LogP contribution in [0.15, 0.2) is 12.1 Å². The van der Waals surface area contributed by atoms with Crippen LogP contribution in [-0.2, 0) is 21.4 Å². The van der Waals surface area contributed by atoms with E-state index in [0.717, 1.165) is 6.42 Å².